The number of nitrogens with zero attached hydrogens (tertiary/aromatic N) is 6. The SMILES string of the molecule is COC(=O)C1=C(CN2CCN3C(=O)N(c4ccc(Oc5ccc(C(=O)N(CCO)CCO)cc5)cc4)C[C@@H]3C2)NC(c2nccs2)=NC1. The number of ether oxygens (including phenoxy) is 2. The lowest BCUT2D eigenvalue weighted by atomic mass is 10.1. The molecule has 0 aliphatic carbocycles. The van der Waals surface area contributed by atoms with E-state index in [2.05, 4.69) is 20.2 Å². The van der Waals surface area contributed by atoms with Gasteiger partial charge in [0.15, 0.2) is 10.8 Å². The fourth-order valence-electron chi connectivity index (χ4n) is 6.01. The maximum atomic E-state index is 13.4. The lowest BCUT2D eigenvalue weighted by Gasteiger charge is -2.37. The summed E-state index contributed by atoms with van der Waals surface area (Å²) < 4.78 is 11.0. The number of esters is 1. The molecule has 6 rings (SSSR count). The standard InChI is InChI=1S/C33H37N7O7S/c1-46-32(44)27-18-35-29(30-34-10-17-48-30)36-28(27)21-37-11-12-39-24(19-37)20-40(33(39)45)23-4-8-26(9-5-23)47-25-6-2-22(3-7-25)31(43)38(13-15-41)14-16-42/h2-10,17,24,41-42H,11-16,18-21H2,1H3,(H,35,36)/t24-/m0/s1. The molecule has 2 saturated heterocycles. The van der Waals surface area contributed by atoms with Gasteiger partial charge in [-0.25, -0.2) is 14.6 Å². The van der Waals surface area contributed by atoms with Crippen molar-refractivity contribution >= 4 is 40.8 Å². The summed E-state index contributed by atoms with van der Waals surface area (Å²) in [5.74, 6) is 1.04. The van der Waals surface area contributed by atoms with Crippen molar-refractivity contribution in [1.82, 2.24) is 25.0 Å². The van der Waals surface area contributed by atoms with Crippen molar-refractivity contribution in [3.05, 3.63) is 81.9 Å². The number of aliphatic hydroxyl groups excluding tert-OH is 2. The molecule has 3 N–H and O–H groups in total. The number of amides is 3. The Morgan fingerprint density at radius 1 is 1.02 bits per heavy atom. The molecule has 0 spiro atoms. The number of benzene rings is 2. The topological polar surface area (TPSA) is 160 Å². The van der Waals surface area contributed by atoms with Gasteiger partial charge in [0.2, 0.25) is 0 Å². The van der Waals surface area contributed by atoms with E-state index in [1.165, 1.54) is 23.3 Å². The molecule has 0 saturated carbocycles. The number of carbonyl (C=O) groups excluding carboxylic acids is 3. The molecule has 1 atom stereocenters. The monoisotopic (exact) mass is 675 g/mol. The lowest BCUT2D eigenvalue weighted by molar-refractivity contribution is -0.136. The van der Waals surface area contributed by atoms with Gasteiger partial charge in [-0.15, -0.1) is 11.3 Å². The van der Waals surface area contributed by atoms with Gasteiger partial charge in [0.05, 0.1) is 38.5 Å². The fraction of sp³-hybridized carbons (Fsp3) is 0.364. The molecule has 4 heterocycles. The van der Waals surface area contributed by atoms with Crippen LogP contribution < -0.4 is 15.0 Å². The van der Waals surface area contributed by atoms with Crippen molar-refractivity contribution < 1.29 is 34.1 Å². The van der Waals surface area contributed by atoms with Crippen LogP contribution >= 0.6 is 11.3 Å². The van der Waals surface area contributed by atoms with Gasteiger partial charge in [-0.1, -0.05) is 0 Å². The molecular formula is C33H37N7O7S. The number of thiazole rings is 1. The molecule has 0 radical (unpaired) electrons. The third-order valence-corrected chi connectivity index (χ3v) is 9.21. The molecule has 1 aromatic heterocycles. The van der Waals surface area contributed by atoms with Gasteiger partial charge in [0.25, 0.3) is 5.91 Å². The average Bonchev–Trinajstić information content (AvgIpc) is 3.77. The Morgan fingerprint density at radius 2 is 1.73 bits per heavy atom. The van der Waals surface area contributed by atoms with E-state index in [0.29, 0.717) is 61.2 Å². The van der Waals surface area contributed by atoms with Crippen LogP contribution in [0.15, 0.2) is 76.4 Å². The highest BCUT2D eigenvalue weighted by atomic mass is 32.1. The second-order valence-corrected chi connectivity index (χ2v) is 12.3. The number of urea groups is 1. The minimum Gasteiger partial charge on any atom is -0.466 e. The molecule has 3 aliphatic heterocycles. The molecule has 3 aliphatic rings. The van der Waals surface area contributed by atoms with E-state index in [9.17, 15) is 24.6 Å². The van der Waals surface area contributed by atoms with Crippen LogP contribution in [-0.2, 0) is 9.53 Å². The summed E-state index contributed by atoms with van der Waals surface area (Å²) in [7, 11) is 1.36. The molecular weight excluding hydrogens is 638 g/mol. The van der Waals surface area contributed by atoms with E-state index >= 15 is 0 Å². The second-order valence-electron chi connectivity index (χ2n) is 11.4. The highest BCUT2D eigenvalue weighted by Gasteiger charge is 2.41. The quantitative estimate of drug-likeness (QED) is 0.242. The number of amidine groups is 1. The van der Waals surface area contributed by atoms with Crippen LogP contribution in [0.25, 0.3) is 0 Å². The zero-order valence-electron chi connectivity index (χ0n) is 26.4. The fourth-order valence-corrected chi connectivity index (χ4v) is 6.61. The number of aliphatic hydroxyl groups is 2. The number of fused-ring (bicyclic) bond motifs is 1. The van der Waals surface area contributed by atoms with Crippen LogP contribution in [0.3, 0.4) is 0 Å². The van der Waals surface area contributed by atoms with Gasteiger partial charge >= 0.3 is 12.0 Å². The zero-order chi connectivity index (χ0) is 33.6. The minimum atomic E-state index is -0.417. The first-order valence-electron chi connectivity index (χ1n) is 15.6. The number of rotatable bonds is 12. The van der Waals surface area contributed by atoms with E-state index in [-0.39, 0.29) is 50.8 Å². The Labute approximate surface area is 281 Å². The molecule has 3 amide bonds. The van der Waals surface area contributed by atoms with Gasteiger partial charge in [-0.2, -0.15) is 0 Å². The smallest absolute Gasteiger partial charge is 0.337 e. The van der Waals surface area contributed by atoms with Crippen molar-refractivity contribution in [2.75, 3.05) is 77.6 Å². The number of hydrogen-bond donors (Lipinski definition) is 3. The van der Waals surface area contributed by atoms with E-state index in [4.69, 9.17) is 9.47 Å². The van der Waals surface area contributed by atoms with E-state index in [0.717, 1.165) is 16.4 Å². The minimum absolute atomic E-state index is 0.0213. The number of hydrogen-bond acceptors (Lipinski definition) is 12. The summed E-state index contributed by atoms with van der Waals surface area (Å²) in [6, 6.07) is 13.9. The normalized spacial score (nSPS) is 17.9. The van der Waals surface area contributed by atoms with Crippen LogP contribution in [0.1, 0.15) is 15.4 Å². The maximum Gasteiger partial charge on any atom is 0.337 e. The Balaban J connectivity index is 1.06. The Bertz CT molecular complexity index is 1670. The summed E-state index contributed by atoms with van der Waals surface area (Å²) >= 11 is 1.47. The predicted octanol–water partition coefficient (Wildman–Crippen LogP) is 1.77. The van der Waals surface area contributed by atoms with E-state index in [1.807, 2.05) is 22.4 Å². The van der Waals surface area contributed by atoms with Crippen LogP contribution in [0, 0.1) is 0 Å². The number of methoxy groups -OCH3 is 1. The molecule has 48 heavy (non-hydrogen) atoms. The van der Waals surface area contributed by atoms with Crippen molar-refractivity contribution in [2.24, 2.45) is 4.99 Å². The number of nitrogens with one attached hydrogen (secondary N) is 1. The predicted molar refractivity (Wildman–Crippen MR) is 178 cm³/mol. The van der Waals surface area contributed by atoms with Crippen LogP contribution in [0.4, 0.5) is 10.5 Å². The van der Waals surface area contributed by atoms with E-state index in [1.54, 1.807) is 47.5 Å². The summed E-state index contributed by atoms with van der Waals surface area (Å²) in [5, 5.41) is 24.4. The first-order valence-corrected chi connectivity index (χ1v) is 16.5. The largest absolute Gasteiger partial charge is 0.466 e. The van der Waals surface area contributed by atoms with Crippen molar-refractivity contribution in [3.8, 4) is 11.5 Å². The van der Waals surface area contributed by atoms with Crippen LogP contribution in [0.5, 0.6) is 11.5 Å². The average molecular weight is 676 g/mol. The molecule has 14 nitrogen and oxygen atoms in total. The molecule has 0 bridgehead atoms. The van der Waals surface area contributed by atoms with E-state index < -0.39 is 5.97 Å². The molecule has 252 valence electrons. The van der Waals surface area contributed by atoms with Gasteiger partial charge in [-0.05, 0) is 48.5 Å². The zero-order valence-corrected chi connectivity index (χ0v) is 27.3. The maximum absolute atomic E-state index is 13.4. The molecule has 2 aromatic carbocycles. The lowest BCUT2D eigenvalue weighted by Crippen LogP contribution is -2.53. The summed E-state index contributed by atoms with van der Waals surface area (Å²) in [6.45, 7) is 2.97. The van der Waals surface area contributed by atoms with Gasteiger partial charge < -0.3 is 34.8 Å². The third kappa shape index (κ3) is 7.18. The van der Waals surface area contributed by atoms with Crippen molar-refractivity contribution in [2.45, 2.75) is 6.04 Å². The number of anilines is 1. The first kappa shape index (κ1) is 33.1. The number of piperazine rings is 1. The highest BCUT2D eigenvalue weighted by Crippen LogP contribution is 2.30. The van der Waals surface area contributed by atoms with Crippen LogP contribution in [-0.4, -0.2) is 132 Å². The Hall–Kier alpha value is -4.83. The molecule has 15 heteroatoms. The van der Waals surface area contributed by atoms with Gasteiger partial charge in [0.1, 0.15) is 11.5 Å². The van der Waals surface area contributed by atoms with Crippen LogP contribution in [0.2, 0.25) is 0 Å². The van der Waals surface area contributed by atoms with Crippen molar-refractivity contribution in [1.29, 1.82) is 0 Å². The number of aromatic nitrogens is 1. The summed E-state index contributed by atoms with van der Waals surface area (Å²) in [5.41, 5.74) is 2.40. The summed E-state index contributed by atoms with van der Waals surface area (Å²) in [6.07, 6.45) is 1.71. The first-order chi connectivity index (χ1) is 23.4. The second kappa shape index (κ2) is 14.9. The number of aliphatic imine (C=N–C) groups is 1. The number of carbonyl (C=O) groups is 3. The Kier molecular flexibility index (Phi) is 10.3. The van der Waals surface area contributed by atoms with Gasteiger partial charge in [0, 0.05) is 74.3 Å². The third-order valence-electron chi connectivity index (χ3n) is 8.43. The Morgan fingerprint density at radius 3 is 2.38 bits per heavy atom. The molecule has 3 aromatic rings. The molecule has 0 unspecified atom stereocenters. The highest BCUT2D eigenvalue weighted by molar-refractivity contribution is 7.11. The van der Waals surface area contributed by atoms with Crippen molar-refractivity contribution in [3.63, 3.8) is 0 Å². The van der Waals surface area contributed by atoms with Gasteiger partial charge in [-0.3, -0.25) is 19.6 Å². The summed E-state index contributed by atoms with van der Waals surface area (Å²) in [4.78, 5) is 54.8. The molecule has 2 fully saturated rings.